The molecule has 0 unspecified atom stereocenters. The summed E-state index contributed by atoms with van der Waals surface area (Å²) in [7, 11) is 0. The average molecular weight is 165 g/mol. The van der Waals surface area contributed by atoms with Gasteiger partial charge in [-0.05, 0) is 24.3 Å². The molecule has 0 radical (unpaired) electrons. The number of hydrogen-bond donors (Lipinski definition) is 1. The zero-order chi connectivity index (χ0) is 8.39. The molecule has 0 bridgehead atoms. The van der Waals surface area contributed by atoms with E-state index in [9.17, 15) is 0 Å². The molecule has 0 spiro atoms. The molecule has 1 saturated heterocycles. The summed E-state index contributed by atoms with van der Waals surface area (Å²) >= 11 is 0. The van der Waals surface area contributed by atoms with Crippen LogP contribution in [0.3, 0.4) is 0 Å². The average Bonchev–Trinajstić information content (AvgIpc) is 2.00. The Balaban J connectivity index is 1.98. The van der Waals surface area contributed by atoms with E-state index < -0.39 is 0 Å². The van der Waals surface area contributed by atoms with Crippen molar-refractivity contribution < 1.29 is 9.47 Å². The standard InChI is InChI=1S/C9H11NO2/c10-7-1-3-8(4-2-7)12-9-5-11-6-9/h1-4,9H,5-6,10H2. The largest absolute Gasteiger partial charge is 0.486 e. The van der Waals surface area contributed by atoms with Crippen LogP contribution in [0.1, 0.15) is 0 Å². The van der Waals surface area contributed by atoms with Crippen molar-refractivity contribution in [3.8, 4) is 5.75 Å². The first-order chi connectivity index (χ1) is 5.84. The number of hydrogen-bond acceptors (Lipinski definition) is 3. The van der Waals surface area contributed by atoms with Crippen LogP contribution < -0.4 is 10.5 Å². The van der Waals surface area contributed by atoms with Gasteiger partial charge >= 0.3 is 0 Å². The molecule has 1 aromatic carbocycles. The van der Waals surface area contributed by atoms with Gasteiger partial charge in [-0.3, -0.25) is 0 Å². The molecule has 2 N–H and O–H groups in total. The Kier molecular flexibility index (Phi) is 1.87. The summed E-state index contributed by atoms with van der Waals surface area (Å²) in [6, 6.07) is 7.39. The molecule has 1 aliphatic rings. The second-order valence-corrected chi connectivity index (χ2v) is 2.85. The predicted molar refractivity (Wildman–Crippen MR) is 46.1 cm³/mol. The highest BCUT2D eigenvalue weighted by Gasteiger charge is 2.19. The maximum atomic E-state index is 5.52. The van der Waals surface area contributed by atoms with E-state index in [-0.39, 0.29) is 6.10 Å². The maximum Gasteiger partial charge on any atom is 0.145 e. The van der Waals surface area contributed by atoms with E-state index in [1.165, 1.54) is 0 Å². The van der Waals surface area contributed by atoms with E-state index in [1.807, 2.05) is 24.3 Å². The van der Waals surface area contributed by atoms with Crippen LogP contribution in [0.4, 0.5) is 5.69 Å². The first-order valence-corrected chi connectivity index (χ1v) is 3.94. The molecular formula is C9H11NO2. The fourth-order valence-electron chi connectivity index (χ4n) is 1.02. The van der Waals surface area contributed by atoms with Gasteiger partial charge in [-0.2, -0.15) is 0 Å². The minimum absolute atomic E-state index is 0.230. The Morgan fingerprint density at radius 3 is 2.42 bits per heavy atom. The summed E-state index contributed by atoms with van der Waals surface area (Å²) < 4.78 is 10.5. The molecule has 1 fully saturated rings. The number of nitrogen functional groups attached to an aromatic ring is 1. The summed E-state index contributed by atoms with van der Waals surface area (Å²) in [4.78, 5) is 0. The van der Waals surface area contributed by atoms with Gasteiger partial charge in [0.15, 0.2) is 0 Å². The lowest BCUT2D eigenvalue weighted by Gasteiger charge is -2.26. The van der Waals surface area contributed by atoms with Crippen LogP contribution in [0, 0.1) is 0 Å². The zero-order valence-corrected chi connectivity index (χ0v) is 6.69. The van der Waals surface area contributed by atoms with Gasteiger partial charge in [-0.15, -0.1) is 0 Å². The minimum atomic E-state index is 0.230. The van der Waals surface area contributed by atoms with E-state index in [0.717, 1.165) is 11.4 Å². The topological polar surface area (TPSA) is 44.5 Å². The van der Waals surface area contributed by atoms with Crippen LogP contribution in [-0.4, -0.2) is 19.3 Å². The van der Waals surface area contributed by atoms with Crippen LogP contribution in [0.15, 0.2) is 24.3 Å². The molecule has 3 nitrogen and oxygen atoms in total. The minimum Gasteiger partial charge on any atom is -0.486 e. The number of nitrogens with two attached hydrogens (primary N) is 1. The van der Waals surface area contributed by atoms with Crippen LogP contribution in [0.2, 0.25) is 0 Å². The summed E-state index contributed by atoms with van der Waals surface area (Å²) in [5.74, 6) is 0.859. The first-order valence-electron chi connectivity index (χ1n) is 3.94. The highest BCUT2D eigenvalue weighted by Crippen LogP contribution is 2.17. The molecule has 0 aromatic heterocycles. The van der Waals surface area contributed by atoms with E-state index in [0.29, 0.717) is 13.2 Å². The lowest BCUT2D eigenvalue weighted by molar-refractivity contribution is -0.0796. The third-order valence-electron chi connectivity index (χ3n) is 1.79. The third kappa shape index (κ3) is 1.51. The number of benzene rings is 1. The summed E-state index contributed by atoms with van der Waals surface area (Å²) in [5.41, 5.74) is 6.28. The monoisotopic (exact) mass is 165 g/mol. The van der Waals surface area contributed by atoms with Crippen molar-refractivity contribution in [3.05, 3.63) is 24.3 Å². The third-order valence-corrected chi connectivity index (χ3v) is 1.79. The highest BCUT2D eigenvalue weighted by atomic mass is 16.6. The molecule has 1 heterocycles. The number of anilines is 1. The van der Waals surface area contributed by atoms with Crippen LogP contribution in [0.5, 0.6) is 5.75 Å². The summed E-state index contributed by atoms with van der Waals surface area (Å²) in [6.45, 7) is 1.40. The predicted octanol–water partition coefficient (Wildman–Crippen LogP) is 1.05. The van der Waals surface area contributed by atoms with Crippen molar-refractivity contribution in [1.82, 2.24) is 0 Å². The lowest BCUT2D eigenvalue weighted by atomic mass is 10.3. The van der Waals surface area contributed by atoms with Crippen LogP contribution in [-0.2, 0) is 4.74 Å². The molecular weight excluding hydrogens is 154 g/mol. The molecule has 1 aromatic rings. The van der Waals surface area contributed by atoms with Gasteiger partial charge in [0.05, 0.1) is 13.2 Å². The lowest BCUT2D eigenvalue weighted by Crippen LogP contribution is -2.38. The molecule has 0 amide bonds. The van der Waals surface area contributed by atoms with Gasteiger partial charge in [0.2, 0.25) is 0 Å². The van der Waals surface area contributed by atoms with Crippen molar-refractivity contribution >= 4 is 5.69 Å². The Morgan fingerprint density at radius 1 is 1.25 bits per heavy atom. The van der Waals surface area contributed by atoms with Crippen LogP contribution in [0.25, 0.3) is 0 Å². The molecule has 64 valence electrons. The van der Waals surface area contributed by atoms with E-state index >= 15 is 0 Å². The Hall–Kier alpha value is -1.22. The fourth-order valence-corrected chi connectivity index (χ4v) is 1.02. The molecule has 12 heavy (non-hydrogen) atoms. The molecule has 2 rings (SSSR count). The van der Waals surface area contributed by atoms with Gasteiger partial charge in [-0.1, -0.05) is 0 Å². The van der Waals surface area contributed by atoms with E-state index in [4.69, 9.17) is 15.2 Å². The highest BCUT2D eigenvalue weighted by molar-refractivity contribution is 5.41. The SMILES string of the molecule is Nc1ccc(OC2COC2)cc1. The quantitative estimate of drug-likeness (QED) is 0.666. The fraction of sp³-hybridized carbons (Fsp3) is 0.333. The molecule has 1 aliphatic heterocycles. The van der Waals surface area contributed by atoms with Gasteiger partial charge in [-0.25, -0.2) is 0 Å². The van der Waals surface area contributed by atoms with Crippen LogP contribution >= 0.6 is 0 Å². The van der Waals surface area contributed by atoms with Gasteiger partial charge in [0.25, 0.3) is 0 Å². The van der Waals surface area contributed by atoms with Gasteiger partial charge in [0.1, 0.15) is 11.9 Å². The summed E-state index contributed by atoms with van der Waals surface area (Å²) in [5, 5.41) is 0. The van der Waals surface area contributed by atoms with E-state index in [2.05, 4.69) is 0 Å². The number of ether oxygens (including phenoxy) is 2. The molecule has 0 aliphatic carbocycles. The Bertz CT molecular complexity index is 254. The second kappa shape index (κ2) is 3.03. The van der Waals surface area contributed by atoms with Crippen molar-refractivity contribution in [2.24, 2.45) is 0 Å². The first kappa shape index (κ1) is 7.43. The van der Waals surface area contributed by atoms with Gasteiger partial charge in [0, 0.05) is 5.69 Å². The number of rotatable bonds is 2. The van der Waals surface area contributed by atoms with Crippen molar-refractivity contribution in [3.63, 3.8) is 0 Å². The van der Waals surface area contributed by atoms with Gasteiger partial charge < -0.3 is 15.2 Å². The van der Waals surface area contributed by atoms with Crippen molar-refractivity contribution in [1.29, 1.82) is 0 Å². The van der Waals surface area contributed by atoms with Crippen molar-refractivity contribution in [2.75, 3.05) is 18.9 Å². The zero-order valence-electron chi connectivity index (χ0n) is 6.69. The Morgan fingerprint density at radius 2 is 1.92 bits per heavy atom. The normalized spacial score (nSPS) is 17.0. The summed E-state index contributed by atoms with van der Waals surface area (Å²) in [6.07, 6.45) is 0.230. The van der Waals surface area contributed by atoms with E-state index in [1.54, 1.807) is 0 Å². The maximum absolute atomic E-state index is 5.52. The second-order valence-electron chi connectivity index (χ2n) is 2.85. The molecule has 3 heteroatoms. The van der Waals surface area contributed by atoms with Crippen molar-refractivity contribution in [2.45, 2.75) is 6.10 Å². The Labute approximate surface area is 71.1 Å². The molecule has 0 saturated carbocycles. The molecule has 0 atom stereocenters. The smallest absolute Gasteiger partial charge is 0.145 e.